The lowest BCUT2D eigenvalue weighted by molar-refractivity contribution is 0.241. The van der Waals surface area contributed by atoms with Crippen molar-refractivity contribution < 1.29 is 9.84 Å². The summed E-state index contributed by atoms with van der Waals surface area (Å²) in [5.74, 6) is 0.826. The Morgan fingerprint density at radius 2 is 1.86 bits per heavy atom. The molecule has 0 saturated carbocycles. The third-order valence-corrected chi connectivity index (χ3v) is 3.17. The van der Waals surface area contributed by atoms with Crippen molar-refractivity contribution in [3.8, 4) is 5.75 Å². The molecule has 2 N–H and O–H groups in total. The number of aliphatic hydroxyl groups excluding tert-OH is 1. The zero-order valence-electron chi connectivity index (χ0n) is 12.8. The largest absolute Gasteiger partial charge is 0.491 e. The summed E-state index contributed by atoms with van der Waals surface area (Å²) in [7, 11) is 0. The highest BCUT2D eigenvalue weighted by Crippen LogP contribution is 2.24. The Bertz CT molecular complexity index is 581. The van der Waals surface area contributed by atoms with Crippen molar-refractivity contribution in [1.29, 1.82) is 0 Å². The van der Waals surface area contributed by atoms with Crippen molar-refractivity contribution in [3.05, 3.63) is 59.7 Å². The lowest BCUT2D eigenvalue weighted by atomic mass is 10.1. The van der Waals surface area contributed by atoms with Gasteiger partial charge >= 0.3 is 0 Å². The monoisotopic (exact) mass is 285 g/mol. The third kappa shape index (κ3) is 4.50. The van der Waals surface area contributed by atoms with E-state index in [1.807, 2.05) is 50.2 Å². The fraction of sp³-hybridized carbons (Fsp3) is 0.333. The summed E-state index contributed by atoms with van der Waals surface area (Å²) in [5, 5.41) is 13.0. The number of nitrogens with one attached hydrogen (secondary N) is 1. The normalized spacial score (nSPS) is 12.2. The molecule has 0 aromatic heterocycles. The van der Waals surface area contributed by atoms with Crippen LogP contribution in [0, 0.1) is 6.92 Å². The summed E-state index contributed by atoms with van der Waals surface area (Å²) in [6, 6.07) is 15.8. The Kier molecular flexibility index (Phi) is 5.23. The van der Waals surface area contributed by atoms with E-state index in [4.69, 9.17) is 4.74 Å². The van der Waals surface area contributed by atoms with Gasteiger partial charge in [-0.2, -0.15) is 0 Å². The zero-order chi connectivity index (χ0) is 15.2. The molecule has 0 aliphatic carbocycles. The van der Waals surface area contributed by atoms with Gasteiger partial charge in [-0.25, -0.2) is 0 Å². The Labute approximate surface area is 126 Å². The molecule has 1 atom stereocenters. The number of rotatable bonds is 6. The smallest absolute Gasteiger partial charge is 0.120 e. The van der Waals surface area contributed by atoms with Crippen LogP contribution in [0.2, 0.25) is 0 Å². The standard InChI is InChI=1S/C18H23NO2/c1-13(2)21-17-9-5-7-15(11-17)18(12-20)19-16-8-4-6-14(3)10-16/h4-11,13,18-20H,12H2,1-3H3. The van der Waals surface area contributed by atoms with Crippen LogP contribution in [0.15, 0.2) is 48.5 Å². The summed E-state index contributed by atoms with van der Waals surface area (Å²) in [5.41, 5.74) is 3.20. The minimum absolute atomic E-state index is 0.0269. The van der Waals surface area contributed by atoms with Crippen LogP contribution in [0.3, 0.4) is 0 Å². The summed E-state index contributed by atoms with van der Waals surface area (Å²) in [6.45, 7) is 6.08. The SMILES string of the molecule is Cc1cccc(NC(CO)c2cccc(OC(C)C)c2)c1. The van der Waals surface area contributed by atoms with Gasteiger partial charge in [0.25, 0.3) is 0 Å². The highest BCUT2D eigenvalue weighted by atomic mass is 16.5. The quantitative estimate of drug-likeness (QED) is 0.845. The van der Waals surface area contributed by atoms with Crippen LogP contribution >= 0.6 is 0 Å². The van der Waals surface area contributed by atoms with Gasteiger partial charge in [0.15, 0.2) is 0 Å². The molecule has 0 aliphatic heterocycles. The molecule has 0 heterocycles. The molecule has 2 aromatic carbocycles. The predicted molar refractivity (Wildman–Crippen MR) is 86.8 cm³/mol. The van der Waals surface area contributed by atoms with Crippen molar-refractivity contribution in [3.63, 3.8) is 0 Å². The van der Waals surface area contributed by atoms with Crippen molar-refractivity contribution >= 4 is 5.69 Å². The fourth-order valence-electron chi connectivity index (χ4n) is 2.25. The molecule has 0 bridgehead atoms. The molecular weight excluding hydrogens is 262 g/mol. The minimum atomic E-state index is -0.150. The molecule has 2 rings (SSSR count). The van der Waals surface area contributed by atoms with Gasteiger partial charge in [0, 0.05) is 5.69 Å². The highest BCUT2D eigenvalue weighted by molar-refractivity contribution is 5.48. The molecule has 0 radical (unpaired) electrons. The van der Waals surface area contributed by atoms with E-state index in [-0.39, 0.29) is 18.8 Å². The van der Waals surface area contributed by atoms with Crippen LogP contribution in [-0.2, 0) is 0 Å². The van der Waals surface area contributed by atoms with E-state index < -0.39 is 0 Å². The first-order valence-corrected chi connectivity index (χ1v) is 7.29. The number of aryl methyl sites for hydroxylation is 1. The molecule has 0 fully saturated rings. The Morgan fingerprint density at radius 1 is 1.10 bits per heavy atom. The molecule has 1 unspecified atom stereocenters. The second-order valence-corrected chi connectivity index (χ2v) is 5.49. The van der Waals surface area contributed by atoms with Crippen LogP contribution in [0.1, 0.15) is 31.0 Å². The van der Waals surface area contributed by atoms with E-state index in [9.17, 15) is 5.11 Å². The van der Waals surface area contributed by atoms with E-state index in [1.165, 1.54) is 5.56 Å². The lowest BCUT2D eigenvalue weighted by Gasteiger charge is -2.19. The van der Waals surface area contributed by atoms with Crippen molar-refractivity contribution in [2.24, 2.45) is 0 Å². The first kappa shape index (κ1) is 15.4. The topological polar surface area (TPSA) is 41.5 Å². The highest BCUT2D eigenvalue weighted by Gasteiger charge is 2.11. The maximum atomic E-state index is 9.68. The summed E-state index contributed by atoms with van der Waals surface area (Å²) in [6.07, 6.45) is 0.137. The van der Waals surface area contributed by atoms with Gasteiger partial charge in [-0.3, -0.25) is 0 Å². The van der Waals surface area contributed by atoms with Crippen molar-refractivity contribution in [2.45, 2.75) is 32.9 Å². The Balaban J connectivity index is 2.17. The van der Waals surface area contributed by atoms with E-state index in [1.54, 1.807) is 0 Å². The van der Waals surface area contributed by atoms with Gasteiger partial charge in [0.05, 0.1) is 18.8 Å². The van der Waals surface area contributed by atoms with Crippen molar-refractivity contribution in [1.82, 2.24) is 0 Å². The first-order chi connectivity index (χ1) is 10.1. The van der Waals surface area contributed by atoms with Crippen LogP contribution in [0.4, 0.5) is 5.69 Å². The number of hydrogen-bond acceptors (Lipinski definition) is 3. The average molecular weight is 285 g/mol. The average Bonchev–Trinajstić information content (AvgIpc) is 2.44. The zero-order valence-corrected chi connectivity index (χ0v) is 12.8. The number of ether oxygens (including phenoxy) is 1. The van der Waals surface area contributed by atoms with Gasteiger partial charge in [0.1, 0.15) is 5.75 Å². The maximum absolute atomic E-state index is 9.68. The Hall–Kier alpha value is -2.00. The predicted octanol–water partition coefficient (Wildman–Crippen LogP) is 3.93. The molecular formula is C18H23NO2. The molecule has 21 heavy (non-hydrogen) atoms. The number of anilines is 1. The van der Waals surface area contributed by atoms with Crippen LogP contribution in [0.5, 0.6) is 5.75 Å². The van der Waals surface area contributed by atoms with E-state index in [0.717, 1.165) is 17.0 Å². The van der Waals surface area contributed by atoms with Gasteiger partial charge < -0.3 is 15.2 Å². The van der Waals surface area contributed by atoms with E-state index >= 15 is 0 Å². The summed E-state index contributed by atoms with van der Waals surface area (Å²) in [4.78, 5) is 0. The van der Waals surface area contributed by atoms with Crippen LogP contribution < -0.4 is 10.1 Å². The summed E-state index contributed by atoms with van der Waals surface area (Å²) < 4.78 is 5.71. The minimum Gasteiger partial charge on any atom is -0.491 e. The molecule has 0 aliphatic rings. The van der Waals surface area contributed by atoms with Gasteiger partial charge in [-0.05, 0) is 56.2 Å². The fourth-order valence-corrected chi connectivity index (χ4v) is 2.25. The maximum Gasteiger partial charge on any atom is 0.120 e. The lowest BCUT2D eigenvalue weighted by Crippen LogP contribution is -2.15. The van der Waals surface area contributed by atoms with Crippen LogP contribution in [0.25, 0.3) is 0 Å². The first-order valence-electron chi connectivity index (χ1n) is 7.29. The Morgan fingerprint density at radius 3 is 2.52 bits per heavy atom. The van der Waals surface area contributed by atoms with Crippen molar-refractivity contribution in [2.75, 3.05) is 11.9 Å². The second kappa shape index (κ2) is 7.14. The summed E-state index contributed by atoms with van der Waals surface area (Å²) >= 11 is 0. The van der Waals surface area contributed by atoms with Gasteiger partial charge in [-0.1, -0.05) is 24.3 Å². The molecule has 112 valence electrons. The number of aliphatic hydroxyl groups is 1. The molecule has 2 aromatic rings. The molecule has 3 nitrogen and oxygen atoms in total. The van der Waals surface area contributed by atoms with E-state index in [2.05, 4.69) is 24.4 Å². The molecule has 0 amide bonds. The van der Waals surface area contributed by atoms with E-state index in [0.29, 0.717) is 0 Å². The van der Waals surface area contributed by atoms with Crippen LogP contribution in [-0.4, -0.2) is 17.8 Å². The molecule has 0 saturated heterocycles. The van der Waals surface area contributed by atoms with Gasteiger partial charge in [-0.15, -0.1) is 0 Å². The molecule has 3 heteroatoms. The molecule has 0 spiro atoms. The number of hydrogen-bond donors (Lipinski definition) is 2. The third-order valence-electron chi connectivity index (χ3n) is 3.17. The second-order valence-electron chi connectivity index (χ2n) is 5.49. The van der Waals surface area contributed by atoms with Gasteiger partial charge in [0.2, 0.25) is 0 Å². The number of benzene rings is 2.